The molecule has 2 aromatic rings. The molecule has 0 fully saturated rings. The number of imidazole rings is 1. The SMILES string of the molecule is C=S1(=O)NC(c2cnc[nH]2)=Cc2ccccc21. The molecule has 4 nitrogen and oxygen atoms in total. The number of H-pyrrole nitrogens is 1. The summed E-state index contributed by atoms with van der Waals surface area (Å²) in [5, 5.41) is 0. The van der Waals surface area contributed by atoms with E-state index in [1.807, 2.05) is 30.3 Å². The Morgan fingerprint density at radius 1 is 1.29 bits per heavy atom. The fourth-order valence-electron chi connectivity index (χ4n) is 1.85. The quantitative estimate of drug-likeness (QED) is 0.748. The summed E-state index contributed by atoms with van der Waals surface area (Å²) in [6.45, 7) is 0. The fourth-order valence-corrected chi connectivity index (χ4v) is 3.29. The zero-order valence-corrected chi connectivity index (χ0v) is 9.83. The molecule has 5 heteroatoms. The molecule has 86 valence electrons. The number of aromatic amines is 1. The predicted molar refractivity (Wildman–Crippen MR) is 69.6 cm³/mol. The standard InChI is InChI=1S/C12H11N3OS/c1-17(16)12-5-3-2-4-9(12)6-10(15-17)11-7-13-8-14-11/h2-8H,1H2,(H,13,14)(H,15,16). The van der Waals surface area contributed by atoms with E-state index in [9.17, 15) is 4.21 Å². The van der Waals surface area contributed by atoms with Crippen molar-refractivity contribution < 1.29 is 4.21 Å². The van der Waals surface area contributed by atoms with Gasteiger partial charge in [-0.3, -0.25) is 0 Å². The molecule has 0 bridgehead atoms. The highest BCUT2D eigenvalue weighted by molar-refractivity contribution is 7.99. The fraction of sp³-hybridized carbons (Fsp3) is 0. The van der Waals surface area contributed by atoms with Crippen molar-refractivity contribution in [1.82, 2.24) is 14.7 Å². The Labute approximate surface area is 99.5 Å². The lowest BCUT2D eigenvalue weighted by atomic mass is 10.1. The Balaban J connectivity index is 2.22. The summed E-state index contributed by atoms with van der Waals surface area (Å²) in [6, 6.07) is 7.54. The lowest BCUT2D eigenvalue weighted by Crippen LogP contribution is -2.26. The van der Waals surface area contributed by atoms with Gasteiger partial charge in [0.1, 0.15) is 0 Å². The van der Waals surface area contributed by atoms with E-state index in [0.29, 0.717) is 0 Å². The molecule has 1 unspecified atom stereocenters. The molecule has 0 saturated carbocycles. The number of benzene rings is 1. The molecule has 17 heavy (non-hydrogen) atoms. The van der Waals surface area contributed by atoms with Crippen molar-refractivity contribution in [2.24, 2.45) is 0 Å². The van der Waals surface area contributed by atoms with Crippen molar-refractivity contribution in [3.05, 3.63) is 48.0 Å². The normalized spacial score (nSPS) is 22.5. The van der Waals surface area contributed by atoms with E-state index in [1.165, 1.54) is 0 Å². The first-order chi connectivity index (χ1) is 8.17. The number of nitrogens with zero attached hydrogens (tertiary/aromatic N) is 1. The molecule has 0 spiro atoms. The van der Waals surface area contributed by atoms with Crippen LogP contribution >= 0.6 is 0 Å². The van der Waals surface area contributed by atoms with Gasteiger partial charge < -0.3 is 9.71 Å². The maximum atomic E-state index is 12.4. The summed E-state index contributed by atoms with van der Waals surface area (Å²) in [6.07, 6.45) is 5.21. The van der Waals surface area contributed by atoms with E-state index in [0.717, 1.165) is 21.8 Å². The highest BCUT2D eigenvalue weighted by atomic mass is 32.2. The van der Waals surface area contributed by atoms with Gasteiger partial charge in [-0.25, -0.2) is 9.19 Å². The van der Waals surface area contributed by atoms with Gasteiger partial charge in [-0.15, -0.1) is 0 Å². The number of hydrogen-bond acceptors (Lipinski definition) is 2. The van der Waals surface area contributed by atoms with Crippen LogP contribution in [0, 0.1) is 0 Å². The van der Waals surface area contributed by atoms with Gasteiger partial charge in [-0.05, 0) is 23.6 Å². The Hall–Kier alpha value is -2.01. The topological polar surface area (TPSA) is 57.8 Å². The summed E-state index contributed by atoms with van der Waals surface area (Å²) in [4.78, 5) is 7.67. The van der Waals surface area contributed by atoms with Crippen molar-refractivity contribution in [2.45, 2.75) is 4.90 Å². The van der Waals surface area contributed by atoms with Gasteiger partial charge in [0, 0.05) is 0 Å². The molecular formula is C12H11N3OS. The van der Waals surface area contributed by atoms with Crippen LogP contribution in [0.4, 0.5) is 0 Å². The maximum Gasteiger partial charge on any atom is 0.0924 e. The van der Waals surface area contributed by atoms with Gasteiger partial charge in [0.05, 0.1) is 38.5 Å². The van der Waals surface area contributed by atoms with Gasteiger partial charge in [0.15, 0.2) is 0 Å². The number of rotatable bonds is 1. The van der Waals surface area contributed by atoms with Crippen molar-refractivity contribution >= 4 is 27.4 Å². The van der Waals surface area contributed by atoms with E-state index in [4.69, 9.17) is 0 Å². The van der Waals surface area contributed by atoms with E-state index < -0.39 is 9.71 Å². The number of hydrogen-bond donors (Lipinski definition) is 2. The summed E-state index contributed by atoms with van der Waals surface area (Å²) in [7, 11) is -2.48. The van der Waals surface area contributed by atoms with Crippen molar-refractivity contribution in [1.29, 1.82) is 0 Å². The predicted octanol–water partition coefficient (Wildman–Crippen LogP) is 1.50. The van der Waals surface area contributed by atoms with E-state index in [2.05, 4.69) is 20.6 Å². The monoisotopic (exact) mass is 245 g/mol. The minimum absolute atomic E-state index is 0.739. The van der Waals surface area contributed by atoms with Crippen LogP contribution in [0.5, 0.6) is 0 Å². The van der Waals surface area contributed by atoms with Crippen molar-refractivity contribution in [3.63, 3.8) is 0 Å². The van der Waals surface area contributed by atoms with Gasteiger partial charge >= 0.3 is 0 Å². The third kappa shape index (κ3) is 1.64. The van der Waals surface area contributed by atoms with Crippen LogP contribution in [0.3, 0.4) is 0 Å². The van der Waals surface area contributed by atoms with Crippen LogP contribution in [0.25, 0.3) is 11.8 Å². The zero-order valence-electron chi connectivity index (χ0n) is 9.01. The van der Waals surface area contributed by atoms with Crippen molar-refractivity contribution in [3.8, 4) is 0 Å². The molecule has 1 atom stereocenters. The van der Waals surface area contributed by atoms with E-state index in [-0.39, 0.29) is 0 Å². The Bertz CT molecular complexity index is 684. The molecule has 0 amide bonds. The van der Waals surface area contributed by atoms with Gasteiger partial charge in [-0.2, -0.15) is 0 Å². The largest absolute Gasteiger partial charge is 0.343 e. The second kappa shape index (κ2) is 3.49. The molecule has 0 saturated heterocycles. The third-order valence-corrected chi connectivity index (χ3v) is 4.27. The highest BCUT2D eigenvalue weighted by Gasteiger charge is 2.19. The molecule has 2 heterocycles. The minimum atomic E-state index is -2.48. The second-order valence-corrected chi connectivity index (χ2v) is 5.83. The minimum Gasteiger partial charge on any atom is -0.343 e. The lowest BCUT2D eigenvalue weighted by molar-refractivity contribution is 0.677. The Morgan fingerprint density at radius 2 is 2.12 bits per heavy atom. The molecular weight excluding hydrogens is 234 g/mol. The average molecular weight is 245 g/mol. The van der Waals surface area contributed by atoms with E-state index in [1.54, 1.807) is 12.5 Å². The van der Waals surface area contributed by atoms with E-state index >= 15 is 0 Å². The van der Waals surface area contributed by atoms with Gasteiger partial charge in [0.25, 0.3) is 0 Å². The summed E-state index contributed by atoms with van der Waals surface area (Å²) >= 11 is 0. The lowest BCUT2D eigenvalue weighted by Gasteiger charge is -2.21. The summed E-state index contributed by atoms with van der Waals surface area (Å²) in [5.41, 5.74) is 2.48. The smallest absolute Gasteiger partial charge is 0.0924 e. The molecule has 1 aliphatic rings. The Kier molecular flexibility index (Phi) is 2.09. The number of fused-ring (bicyclic) bond motifs is 1. The van der Waals surface area contributed by atoms with Gasteiger partial charge in [-0.1, -0.05) is 18.2 Å². The molecule has 2 N–H and O–H groups in total. The average Bonchev–Trinajstić information content (AvgIpc) is 2.81. The number of nitrogens with one attached hydrogen (secondary N) is 2. The first-order valence-corrected chi connectivity index (χ1v) is 6.84. The first kappa shape index (κ1) is 10.2. The molecule has 0 radical (unpaired) electrons. The molecule has 3 rings (SSSR count). The highest BCUT2D eigenvalue weighted by Crippen LogP contribution is 2.26. The molecule has 0 aliphatic carbocycles. The molecule has 1 aromatic heterocycles. The van der Waals surface area contributed by atoms with Crippen LogP contribution in [0.15, 0.2) is 41.7 Å². The Morgan fingerprint density at radius 3 is 2.88 bits per heavy atom. The van der Waals surface area contributed by atoms with Crippen molar-refractivity contribution in [2.75, 3.05) is 0 Å². The van der Waals surface area contributed by atoms with Crippen LogP contribution in [0.2, 0.25) is 0 Å². The number of aromatic nitrogens is 2. The van der Waals surface area contributed by atoms with Crippen LogP contribution in [0.1, 0.15) is 11.3 Å². The maximum absolute atomic E-state index is 12.4. The summed E-state index contributed by atoms with van der Waals surface area (Å²) < 4.78 is 15.4. The van der Waals surface area contributed by atoms with Crippen LogP contribution in [-0.2, 0) is 9.71 Å². The molecule has 1 aliphatic heterocycles. The molecule has 1 aromatic carbocycles. The zero-order chi connectivity index (χ0) is 11.9. The second-order valence-electron chi connectivity index (χ2n) is 3.84. The third-order valence-electron chi connectivity index (χ3n) is 2.64. The first-order valence-electron chi connectivity index (χ1n) is 5.11. The van der Waals surface area contributed by atoms with Crippen LogP contribution in [-0.4, -0.2) is 20.0 Å². The van der Waals surface area contributed by atoms with Gasteiger partial charge in [0.2, 0.25) is 0 Å². The van der Waals surface area contributed by atoms with Crippen LogP contribution < -0.4 is 4.72 Å². The summed E-state index contributed by atoms with van der Waals surface area (Å²) in [5.74, 6) is 3.77.